The molecule has 9 heteroatoms. The van der Waals surface area contributed by atoms with Crippen LogP contribution in [-0.4, -0.2) is 33.5 Å². The van der Waals surface area contributed by atoms with E-state index in [1.807, 2.05) is 0 Å². The maximum Gasteiger partial charge on any atom is 0.321 e. The second-order valence-electron chi connectivity index (χ2n) is 5.58. The molecule has 0 aliphatic rings. The quantitative estimate of drug-likeness (QED) is 0.504. The predicted molar refractivity (Wildman–Crippen MR) is 97.1 cm³/mol. The van der Waals surface area contributed by atoms with Crippen LogP contribution in [0.5, 0.6) is 6.01 Å². The van der Waals surface area contributed by atoms with Crippen molar-refractivity contribution in [3.05, 3.63) is 70.0 Å². The molecule has 27 heavy (non-hydrogen) atoms. The fourth-order valence-electron chi connectivity index (χ4n) is 2.38. The van der Waals surface area contributed by atoms with Crippen LogP contribution in [0.4, 0.5) is 16.0 Å². The molecule has 2 aromatic carbocycles. The van der Waals surface area contributed by atoms with E-state index >= 15 is 0 Å². The second kappa shape index (κ2) is 8.17. The number of nitrogens with zero attached hydrogens (tertiary/aromatic N) is 4. The molecule has 8 nitrogen and oxygen atoms in total. The van der Waals surface area contributed by atoms with Gasteiger partial charge in [0.05, 0.1) is 12.0 Å². The summed E-state index contributed by atoms with van der Waals surface area (Å²) >= 11 is 0. The fraction of sp³-hybridized carbons (Fsp3) is 0.167. The van der Waals surface area contributed by atoms with Gasteiger partial charge in [-0.15, -0.1) is 0 Å². The highest BCUT2D eigenvalue weighted by molar-refractivity contribution is 5.60. The molecule has 0 amide bonds. The highest BCUT2D eigenvalue weighted by Crippen LogP contribution is 2.23. The third-order valence-corrected chi connectivity index (χ3v) is 3.72. The van der Waals surface area contributed by atoms with Crippen LogP contribution in [0.25, 0.3) is 11.4 Å². The molecule has 0 aliphatic carbocycles. The Morgan fingerprint density at radius 3 is 2.63 bits per heavy atom. The van der Waals surface area contributed by atoms with Gasteiger partial charge in [-0.05, 0) is 24.1 Å². The summed E-state index contributed by atoms with van der Waals surface area (Å²) in [5, 5.41) is 14.0. The van der Waals surface area contributed by atoms with Crippen molar-refractivity contribution in [3.8, 4) is 17.4 Å². The van der Waals surface area contributed by atoms with Crippen LogP contribution in [0, 0.1) is 15.9 Å². The van der Waals surface area contributed by atoms with Gasteiger partial charge in [0.25, 0.3) is 5.69 Å². The van der Waals surface area contributed by atoms with Crippen molar-refractivity contribution >= 4 is 11.6 Å². The third kappa shape index (κ3) is 4.72. The molecule has 0 radical (unpaired) electrons. The van der Waals surface area contributed by atoms with E-state index in [-0.39, 0.29) is 29.3 Å². The molecule has 0 bridgehead atoms. The van der Waals surface area contributed by atoms with Gasteiger partial charge in [0, 0.05) is 24.2 Å². The van der Waals surface area contributed by atoms with E-state index in [1.54, 1.807) is 24.3 Å². The highest BCUT2D eigenvalue weighted by atomic mass is 19.1. The van der Waals surface area contributed by atoms with E-state index in [4.69, 9.17) is 4.74 Å². The van der Waals surface area contributed by atoms with Crippen LogP contribution in [0.2, 0.25) is 0 Å². The first kappa shape index (κ1) is 18.2. The van der Waals surface area contributed by atoms with Crippen molar-refractivity contribution in [2.24, 2.45) is 0 Å². The number of hydrogen-bond donors (Lipinski definition) is 1. The lowest BCUT2D eigenvalue weighted by molar-refractivity contribution is -0.384. The Labute approximate surface area is 154 Å². The molecule has 0 fully saturated rings. The van der Waals surface area contributed by atoms with Crippen molar-refractivity contribution in [2.45, 2.75) is 6.42 Å². The minimum absolute atomic E-state index is 0.0577. The van der Waals surface area contributed by atoms with Crippen molar-refractivity contribution in [3.63, 3.8) is 0 Å². The summed E-state index contributed by atoms with van der Waals surface area (Å²) < 4.78 is 18.0. The predicted octanol–water partition coefficient (Wildman–Crippen LogP) is 3.25. The van der Waals surface area contributed by atoms with E-state index in [2.05, 4.69) is 20.3 Å². The molecule has 0 saturated heterocycles. The number of benzene rings is 2. The number of methoxy groups -OCH3 is 1. The van der Waals surface area contributed by atoms with Gasteiger partial charge >= 0.3 is 6.01 Å². The normalized spacial score (nSPS) is 10.4. The molecule has 3 rings (SSSR count). The van der Waals surface area contributed by atoms with Crippen molar-refractivity contribution < 1.29 is 14.1 Å². The number of ether oxygens (including phenoxy) is 1. The smallest absolute Gasteiger partial charge is 0.321 e. The molecule has 0 unspecified atom stereocenters. The summed E-state index contributed by atoms with van der Waals surface area (Å²) in [7, 11) is 1.43. The van der Waals surface area contributed by atoms with Crippen LogP contribution in [-0.2, 0) is 6.42 Å². The number of aromatic nitrogens is 3. The summed E-state index contributed by atoms with van der Waals surface area (Å²) in [6.07, 6.45) is 0.639. The molecular formula is C18H16FN5O3. The Hall–Kier alpha value is -3.62. The second-order valence-corrected chi connectivity index (χ2v) is 5.58. The maximum absolute atomic E-state index is 12.9. The lowest BCUT2D eigenvalue weighted by Crippen LogP contribution is -2.10. The first-order valence-corrected chi connectivity index (χ1v) is 8.08. The molecule has 1 heterocycles. The average molecular weight is 369 g/mol. The van der Waals surface area contributed by atoms with Gasteiger partial charge in [-0.25, -0.2) is 4.39 Å². The van der Waals surface area contributed by atoms with Crippen molar-refractivity contribution in [1.82, 2.24) is 15.0 Å². The monoisotopic (exact) mass is 369 g/mol. The van der Waals surface area contributed by atoms with Gasteiger partial charge in [0.2, 0.25) is 5.95 Å². The molecule has 0 atom stereocenters. The van der Waals surface area contributed by atoms with E-state index < -0.39 is 4.92 Å². The topological polar surface area (TPSA) is 103 Å². The maximum atomic E-state index is 12.9. The lowest BCUT2D eigenvalue weighted by Gasteiger charge is -2.08. The van der Waals surface area contributed by atoms with Gasteiger partial charge in [0.1, 0.15) is 5.82 Å². The van der Waals surface area contributed by atoms with Gasteiger partial charge in [-0.3, -0.25) is 10.1 Å². The van der Waals surface area contributed by atoms with Crippen LogP contribution in [0.3, 0.4) is 0 Å². The summed E-state index contributed by atoms with van der Waals surface area (Å²) in [5.74, 6) is 0.260. The zero-order valence-electron chi connectivity index (χ0n) is 14.4. The molecule has 0 spiro atoms. The Bertz CT molecular complexity index is 950. The number of hydrogen-bond acceptors (Lipinski definition) is 7. The number of rotatable bonds is 7. The van der Waals surface area contributed by atoms with Gasteiger partial charge < -0.3 is 10.1 Å². The summed E-state index contributed by atoms with van der Waals surface area (Å²) in [6, 6.07) is 12.3. The summed E-state index contributed by atoms with van der Waals surface area (Å²) in [4.78, 5) is 23.1. The minimum atomic E-state index is -0.482. The van der Waals surface area contributed by atoms with Crippen LogP contribution < -0.4 is 10.1 Å². The van der Waals surface area contributed by atoms with Crippen LogP contribution in [0.15, 0.2) is 48.5 Å². The number of halogens is 1. The fourth-order valence-corrected chi connectivity index (χ4v) is 2.38. The molecule has 1 N–H and O–H groups in total. The SMILES string of the molecule is COc1nc(NCCc2ccc(F)cc2)nc(-c2cccc([N+](=O)[O-])c2)n1. The first-order chi connectivity index (χ1) is 13.0. The van der Waals surface area contributed by atoms with E-state index in [1.165, 1.54) is 31.4 Å². The Morgan fingerprint density at radius 1 is 1.15 bits per heavy atom. The Morgan fingerprint density at radius 2 is 1.93 bits per heavy atom. The number of anilines is 1. The van der Waals surface area contributed by atoms with E-state index in [0.29, 0.717) is 18.5 Å². The van der Waals surface area contributed by atoms with Crippen molar-refractivity contribution in [1.29, 1.82) is 0 Å². The molecule has 0 saturated carbocycles. The van der Waals surface area contributed by atoms with E-state index in [9.17, 15) is 14.5 Å². The largest absolute Gasteiger partial charge is 0.467 e. The lowest BCUT2D eigenvalue weighted by atomic mass is 10.1. The number of non-ortho nitro benzene ring substituents is 1. The summed E-state index contributed by atoms with van der Waals surface area (Å²) in [6.45, 7) is 0.507. The van der Waals surface area contributed by atoms with Crippen LogP contribution in [0.1, 0.15) is 5.56 Å². The molecule has 138 valence electrons. The molecule has 0 aliphatic heterocycles. The minimum Gasteiger partial charge on any atom is -0.467 e. The van der Waals surface area contributed by atoms with E-state index in [0.717, 1.165) is 5.56 Å². The Balaban J connectivity index is 1.78. The van der Waals surface area contributed by atoms with Crippen LogP contribution >= 0.6 is 0 Å². The van der Waals surface area contributed by atoms with Gasteiger partial charge in [-0.1, -0.05) is 24.3 Å². The van der Waals surface area contributed by atoms with Crippen molar-refractivity contribution in [2.75, 3.05) is 19.0 Å². The number of nitro benzene ring substituents is 1. The zero-order valence-corrected chi connectivity index (χ0v) is 14.4. The Kier molecular flexibility index (Phi) is 5.50. The highest BCUT2D eigenvalue weighted by Gasteiger charge is 2.12. The molecule has 3 aromatic rings. The first-order valence-electron chi connectivity index (χ1n) is 8.08. The number of nitrogens with one attached hydrogen (secondary N) is 1. The standard InChI is InChI=1S/C18H16FN5O3/c1-27-18-22-16(13-3-2-4-15(11-13)24(25)26)21-17(23-18)20-10-9-12-5-7-14(19)8-6-12/h2-8,11H,9-10H2,1H3,(H,20,21,22,23). The summed E-state index contributed by atoms with van der Waals surface area (Å²) in [5.41, 5.74) is 1.38. The zero-order chi connectivity index (χ0) is 19.2. The number of nitro groups is 1. The molecular weight excluding hydrogens is 353 g/mol. The third-order valence-electron chi connectivity index (χ3n) is 3.72. The average Bonchev–Trinajstić information content (AvgIpc) is 2.69. The van der Waals surface area contributed by atoms with Gasteiger partial charge in [0.15, 0.2) is 5.82 Å². The van der Waals surface area contributed by atoms with Gasteiger partial charge in [-0.2, -0.15) is 15.0 Å². The molecule has 1 aromatic heterocycles.